The highest BCUT2D eigenvalue weighted by atomic mass is 16.6. The van der Waals surface area contributed by atoms with Crippen molar-refractivity contribution >= 4 is 55.9 Å². The van der Waals surface area contributed by atoms with Crippen LogP contribution >= 0.6 is 0 Å². The molecule has 0 aliphatic heterocycles. The third-order valence-electron chi connectivity index (χ3n) is 21.4. The number of hydrogen-bond donors (Lipinski definition) is 6. The summed E-state index contributed by atoms with van der Waals surface area (Å²) in [6.07, 6.45) is 32.0. The molecule has 9 aromatic rings. The average Bonchev–Trinajstić information content (AvgIpc) is 1.64. The maximum atomic E-state index is 11.9. The van der Waals surface area contributed by atoms with Gasteiger partial charge in [-0.15, -0.1) is 0 Å². The summed E-state index contributed by atoms with van der Waals surface area (Å²) in [5.41, 5.74) is 28.8. The molecule has 3 aliphatic carbocycles. The molecule has 544 valence electrons. The Kier molecular flexibility index (Phi) is 29.1. The number of amides is 1. The van der Waals surface area contributed by atoms with Gasteiger partial charge < -0.3 is 51.2 Å². The molecule has 3 unspecified atom stereocenters. The molecule has 14 nitrogen and oxygen atoms in total. The van der Waals surface area contributed by atoms with Crippen LogP contribution in [0.4, 0.5) is 21.9 Å². The van der Waals surface area contributed by atoms with Gasteiger partial charge in [-0.2, -0.15) is 0 Å². The minimum absolute atomic E-state index is 0.227. The Morgan fingerprint density at radius 2 is 0.767 bits per heavy atom. The summed E-state index contributed by atoms with van der Waals surface area (Å²) in [5.74, 6) is 0.827. The molecule has 3 atom stereocenters. The highest BCUT2D eigenvalue weighted by Gasteiger charge is 2.29. The third kappa shape index (κ3) is 21.3. The lowest BCUT2D eigenvalue weighted by Crippen LogP contribution is -2.34. The van der Waals surface area contributed by atoms with Crippen LogP contribution in [-0.2, 0) is 4.74 Å². The fraction of sp³-hybridized carbons (Fsp3) is 0.483. The Morgan fingerprint density at radius 1 is 0.447 bits per heavy atom. The first-order valence-electron chi connectivity index (χ1n) is 38.9. The number of aryl methyl sites for hydroxylation is 3. The summed E-state index contributed by atoms with van der Waals surface area (Å²) >= 11 is 0. The molecule has 0 radical (unpaired) electrons. The van der Waals surface area contributed by atoms with E-state index in [2.05, 4.69) is 198 Å². The summed E-state index contributed by atoms with van der Waals surface area (Å²) in [5, 5.41) is 17.3. The minimum atomic E-state index is -0.483. The van der Waals surface area contributed by atoms with Gasteiger partial charge in [-0.25, -0.2) is 19.3 Å². The van der Waals surface area contributed by atoms with Crippen molar-refractivity contribution in [3.63, 3.8) is 0 Å². The molecule has 3 aliphatic rings. The average molecular weight is 1390 g/mol. The number of nitrogens with zero attached hydrogens (tertiary/aromatic N) is 6. The number of fused-ring (bicyclic) bond motifs is 3. The number of carbonyl (C=O) groups is 1. The van der Waals surface area contributed by atoms with Crippen molar-refractivity contribution in [2.75, 3.05) is 58.9 Å². The van der Waals surface area contributed by atoms with E-state index in [0.29, 0.717) is 42.2 Å². The van der Waals surface area contributed by atoms with Crippen LogP contribution in [0, 0.1) is 40.5 Å². The fourth-order valence-electron chi connectivity index (χ4n) is 16.3. The zero-order valence-electron chi connectivity index (χ0n) is 62.7. The van der Waals surface area contributed by atoms with Gasteiger partial charge in [0.15, 0.2) is 17.1 Å². The van der Waals surface area contributed by atoms with Crippen molar-refractivity contribution < 1.29 is 9.53 Å². The topological polar surface area (TPSA) is 154 Å². The number of hydrogen-bond acceptors (Lipinski definition) is 7. The molecule has 6 aromatic carbocycles. The lowest BCUT2D eigenvalue weighted by molar-refractivity contribution is 0.0527. The molecule has 3 fully saturated rings. The Labute approximate surface area is 615 Å². The van der Waals surface area contributed by atoms with Gasteiger partial charge >= 0.3 is 6.09 Å². The first-order valence-corrected chi connectivity index (χ1v) is 38.9. The van der Waals surface area contributed by atoms with Gasteiger partial charge in [0.25, 0.3) is 0 Å². The molecular weight excluding hydrogens is 1270 g/mol. The van der Waals surface area contributed by atoms with Crippen molar-refractivity contribution in [1.29, 1.82) is 0 Å². The molecule has 14 heteroatoms. The maximum absolute atomic E-state index is 11.9. The van der Waals surface area contributed by atoms with E-state index in [1.54, 1.807) is 0 Å². The van der Waals surface area contributed by atoms with Crippen molar-refractivity contribution in [3.8, 4) is 0 Å². The molecule has 0 spiro atoms. The Hall–Kier alpha value is -8.52. The largest absolute Gasteiger partial charge is 0.444 e. The van der Waals surface area contributed by atoms with Crippen molar-refractivity contribution in [3.05, 3.63) is 230 Å². The zero-order valence-corrected chi connectivity index (χ0v) is 62.7. The van der Waals surface area contributed by atoms with Crippen LogP contribution in [0.5, 0.6) is 0 Å². The highest BCUT2D eigenvalue weighted by molar-refractivity contribution is 5.90. The third-order valence-corrected chi connectivity index (χ3v) is 21.4. The van der Waals surface area contributed by atoms with Gasteiger partial charge in [-0.3, -0.25) is 0 Å². The lowest BCUT2D eigenvalue weighted by atomic mass is 9.87. The fourth-order valence-corrected chi connectivity index (χ4v) is 16.3. The SMILES string of the molecule is [C-]#[N+]c1ccc2c(c1)c(C(CCNCCCN)c1cccc(C)c1)cn2C1CCCCC1.[C-]#[N+]c1ccc2c(c1)c(C(CCNCCCN)c1cccc(C)c1)cn2C1CCCCC1.[C-]#[N+]c1ccc2c(c1)c(C(CCNCCCNC(=O)OC(C)(C)C)c1cccc(C)c1)cn2C1CCCCC1. The van der Waals surface area contributed by atoms with E-state index < -0.39 is 5.60 Å². The van der Waals surface area contributed by atoms with Crippen LogP contribution in [-0.4, -0.2) is 84.3 Å². The number of nitrogens with two attached hydrogens (primary N) is 2. The van der Waals surface area contributed by atoms with Crippen LogP contribution in [0.2, 0.25) is 0 Å². The number of benzene rings is 6. The van der Waals surface area contributed by atoms with E-state index in [1.807, 2.05) is 39.0 Å². The van der Waals surface area contributed by atoms with Crippen LogP contribution < -0.4 is 32.7 Å². The quantitative estimate of drug-likeness (QED) is 0.0211. The van der Waals surface area contributed by atoms with Crippen molar-refractivity contribution in [2.45, 2.75) is 218 Å². The van der Waals surface area contributed by atoms with Gasteiger partial charge in [0.1, 0.15) is 5.60 Å². The summed E-state index contributed by atoms with van der Waals surface area (Å²) < 4.78 is 12.9. The van der Waals surface area contributed by atoms with Gasteiger partial charge in [-0.05, 0) is 257 Å². The number of rotatable bonds is 28. The van der Waals surface area contributed by atoms with Crippen molar-refractivity contribution in [2.24, 2.45) is 11.5 Å². The predicted octanol–water partition coefficient (Wildman–Crippen LogP) is 21.0. The van der Waals surface area contributed by atoms with Crippen LogP contribution in [0.25, 0.3) is 47.2 Å². The van der Waals surface area contributed by atoms with E-state index in [-0.39, 0.29) is 12.0 Å². The molecule has 0 saturated heterocycles. The van der Waals surface area contributed by atoms with Crippen molar-refractivity contribution in [1.82, 2.24) is 35.0 Å². The van der Waals surface area contributed by atoms with Crippen LogP contribution in [0.3, 0.4) is 0 Å². The van der Waals surface area contributed by atoms with E-state index >= 15 is 0 Å². The normalized spacial score (nSPS) is 15.5. The number of carbonyl (C=O) groups excluding carboxylic acids is 1. The number of aromatic nitrogens is 3. The second-order valence-corrected chi connectivity index (χ2v) is 30.4. The summed E-state index contributed by atoms with van der Waals surface area (Å²) in [4.78, 5) is 23.1. The molecule has 12 rings (SSSR count). The van der Waals surface area contributed by atoms with Crippen LogP contribution in [0.15, 0.2) is 146 Å². The Balaban J connectivity index is 0.000000167. The van der Waals surface area contributed by atoms with E-state index in [0.717, 1.165) is 102 Å². The zero-order chi connectivity index (χ0) is 72.5. The van der Waals surface area contributed by atoms with E-state index in [9.17, 15) is 4.79 Å². The second-order valence-electron chi connectivity index (χ2n) is 30.4. The monoisotopic (exact) mass is 1380 g/mol. The first-order chi connectivity index (χ1) is 50.2. The molecule has 3 saturated carbocycles. The Bertz CT molecular complexity index is 4130. The molecule has 103 heavy (non-hydrogen) atoms. The summed E-state index contributed by atoms with van der Waals surface area (Å²) in [6, 6.07) is 47.1. The highest BCUT2D eigenvalue weighted by Crippen LogP contribution is 2.44. The van der Waals surface area contributed by atoms with Gasteiger partial charge in [0.2, 0.25) is 0 Å². The number of nitrogens with one attached hydrogen (secondary N) is 4. The van der Waals surface area contributed by atoms with E-state index in [4.69, 9.17) is 35.9 Å². The van der Waals surface area contributed by atoms with Crippen LogP contribution in [0.1, 0.15) is 242 Å². The maximum Gasteiger partial charge on any atom is 0.407 e. The minimum Gasteiger partial charge on any atom is -0.444 e. The molecule has 3 aromatic heterocycles. The first kappa shape index (κ1) is 77.1. The second kappa shape index (κ2) is 38.8. The van der Waals surface area contributed by atoms with E-state index in [1.165, 1.54) is 179 Å². The van der Waals surface area contributed by atoms with Gasteiger partial charge in [-0.1, -0.05) is 165 Å². The number of ether oxygens (including phenoxy) is 1. The summed E-state index contributed by atoms with van der Waals surface area (Å²) in [6.45, 7) is 42.4. The molecule has 8 N–H and O–H groups in total. The summed E-state index contributed by atoms with van der Waals surface area (Å²) in [7, 11) is 0. The molecule has 0 bridgehead atoms. The number of alkyl carbamates (subject to hydrolysis) is 1. The molecule has 3 heterocycles. The smallest absolute Gasteiger partial charge is 0.407 e. The van der Waals surface area contributed by atoms with Gasteiger partial charge in [0.05, 0.1) is 19.7 Å². The molecule has 1 amide bonds. The predicted molar refractivity (Wildman–Crippen MR) is 429 cm³/mol. The lowest BCUT2D eigenvalue weighted by Gasteiger charge is -2.24. The standard InChI is InChI=1S/C33H44N4O2.2C28H36N4/c1-24-11-9-12-25(21-24)28(17-20-35-18-10-19-36-32(38)39-33(2,3)4)30-23-37(27-13-7-6-8-14-27)31-16-15-26(34-5)22-29(30)31;2*1-21-8-6-9-22(18-21)25(14-17-31-16-7-15-29)27-20-32(24-10-4-3-5-11-24)28-13-12-23(30-2)19-26(27)28/h9,11-12,15-16,21-23,27-28,35H,6-8,10,13-14,17-20H2,1-4H3,(H,36,38);2*6,8-9,12-13,18-20,24-25,31H,3-5,7,10-11,14-17,29H2,1H3. The van der Waals surface area contributed by atoms with Gasteiger partial charge in [0, 0.05) is 77.6 Å². The Morgan fingerprint density at radius 3 is 1.06 bits per heavy atom. The molecular formula is C89H116N12O2.